The molecule has 10 nitrogen and oxygen atoms in total. The summed E-state index contributed by atoms with van der Waals surface area (Å²) in [6.45, 7) is 4.15. The molecule has 0 spiro atoms. The Morgan fingerprint density at radius 1 is 1.08 bits per heavy atom. The van der Waals surface area contributed by atoms with Crippen LogP contribution in [0.4, 0.5) is 0 Å². The van der Waals surface area contributed by atoms with E-state index in [1.165, 1.54) is 6.21 Å². The van der Waals surface area contributed by atoms with Crippen LogP contribution < -0.4 is 0 Å². The van der Waals surface area contributed by atoms with Crippen LogP contribution in [0.15, 0.2) is 16.8 Å². The Morgan fingerprint density at radius 3 is 2.54 bits per heavy atom. The maximum atomic E-state index is 12.4. The summed E-state index contributed by atoms with van der Waals surface area (Å²) in [7, 11) is 0. The molecule has 0 radical (unpaired) electrons. The number of cyclic esters (lactones) is 1. The van der Waals surface area contributed by atoms with Crippen molar-refractivity contribution in [3.63, 3.8) is 0 Å². The van der Waals surface area contributed by atoms with E-state index in [1.807, 2.05) is 0 Å². The zero-order valence-corrected chi connectivity index (χ0v) is 22.9. The van der Waals surface area contributed by atoms with Gasteiger partial charge in [0.2, 0.25) is 0 Å². The van der Waals surface area contributed by atoms with Crippen LogP contribution >= 0.6 is 0 Å². The van der Waals surface area contributed by atoms with Gasteiger partial charge in [0, 0.05) is 29.7 Å². The third-order valence-electron chi connectivity index (χ3n) is 11.9. The molecule has 10 heteroatoms. The van der Waals surface area contributed by atoms with Crippen LogP contribution in [0.25, 0.3) is 0 Å². The molecule has 0 aromatic heterocycles. The van der Waals surface area contributed by atoms with E-state index in [9.17, 15) is 30.4 Å². The van der Waals surface area contributed by atoms with E-state index in [1.54, 1.807) is 13.0 Å². The molecule has 6 rings (SSSR count). The van der Waals surface area contributed by atoms with E-state index in [2.05, 4.69) is 12.1 Å². The molecule has 5 N–H and O–H groups in total. The SMILES string of the molecule is C[C@@H]1O[C@H](O[C@@H]2CC[C@]3(/C=N\O)[C@H]4CC[C@]5(C)[C@H](C6=CC(=O)OC6)CC[C@]5(O)[C@@H]4CC[C@]3(O)C2)C[C@H](O)[C@H]1O. The van der Waals surface area contributed by atoms with Crippen LogP contribution in [0.2, 0.25) is 0 Å². The summed E-state index contributed by atoms with van der Waals surface area (Å²) in [5.74, 6) is -0.372. The highest BCUT2D eigenvalue weighted by Crippen LogP contribution is 2.70. The Labute approximate surface area is 229 Å². The molecule has 1 saturated heterocycles. The number of hydrogen-bond donors (Lipinski definition) is 5. The number of nitrogens with zero attached hydrogens (tertiary/aromatic N) is 1. The number of oxime groups is 1. The molecular weight excluding hydrogens is 506 g/mol. The highest BCUT2D eigenvalue weighted by atomic mass is 16.7. The van der Waals surface area contributed by atoms with Crippen LogP contribution in [0.1, 0.15) is 78.1 Å². The lowest BCUT2D eigenvalue weighted by atomic mass is 9.41. The number of hydrogen-bond acceptors (Lipinski definition) is 10. The first-order chi connectivity index (χ1) is 18.5. The van der Waals surface area contributed by atoms with Gasteiger partial charge in [-0.3, -0.25) is 0 Å². The van der Waals surface area contributed by atoms with E-state index in [0.717, 1.165) is 24.8 Å². The summed E-state index contributed by atoms with van der Waals surface area (Å²) in [5.41, 5.74) is -2.37. The van der Waals surface area contributed by atoms with Gasteiger partial charge in [-0.05, 0) is 81.6 Å². The number of carbonyl (C=O) groups excluding carboxylic acids is 1. The zero-order chi connectivity index (χ0) is 27.8. The minimum Gasteiger partial charge on any atom is -0.458 e. The van der Waals surface area contributed by atoms with Crippen molar-refractivity contribution in [2.24, 2.45) is 33.7 Å². The lowest BCUT2D eigenvalue weighted by molar-refractivity contribution is -0.282. The highest BCUT2D eigenvalue weighted by Gasteiger charge is 2.71. The van der Waals surface area contributed by atoms with E-state index < -0.39 is 46.6 Å². The largest absolute Gasteiger partial charge is 0.458 e. The lowest BCUT2D eigenvalue weighted by Gasteiger charge is -2.65. The standard InChI is InChI=1S/C29H43NO9/c1-16-25(33)22(31)12-24(38-16)39-18-3-8-27(15-30-36)20-4-7-26(2)19(17-11-23(32)37-14-17)6-10-29(26,35)21(20)5-9-28(27,34)13-18/h11,15-16,18-22,24-25,31,33-36H,3-10,12-14H2,1-2H3/b30-15-/t16-,18+,19-,20-,21+,22-,24+,25-,26+,27-,28-,29-/m0/s1. The first kappa shape index (κ1) is 27.6. The Kier molecular flexibility index (Phi) is 6.72. The molecule has 0 bridgehead atoms. The van der Waals surface area contributed by atoms with Gasteiger partial charge in [-0.15, -0.1) is 5.16 Å². The van der Waals surface area contributed by atoms with E-state index >= 15 is 0 Å². The molecule has 0 aromatic carbocycles. The van der Waals surface area contributed by atoms with Crippen molar-refractivity contribution < 1.29 is 44.6 Å². The topological polar surface area (TPSA) is 158 Å². The second kappa shape index (κ2) is 9.49. The summed E-state index contributed by atoms with van der Waals surface area (Å²) in [4.78, 5) is 11.8. The number of aliphatic hydroxyl groups is 4. The van der Waals surface area contributed by atoms with Crippen LogP contribution in [0.5, 0.6) is 0 Å². The fourth-order valence-electron chi connectivity index (χ4n) is 9.89. The van der Waals surface area contributed by atoms with Crippen molar-refractivity contribution in [3.05, 3.63) is 11.6 Å². The molecule has 4 aliphatic carbocycles. The Bertz CT molecular complexity index is 1040. The first-order valence-corrected chi connectivity index (χ1v) is 14.6. The van der Waals surface area contributed by atoms with E-state index in [0.29, 0.717) is 45.1 Å². The Hall–Kier alpha value is -1.56. The maximum Gasteiger partial charge on any atom is 0.331 e. The predicted molar refractivity (Wildman–Crippen MR) is 138 cm³/mol. The Balaban J connectivity index is 1.24. The van der Waals surface area contributed by atoms with Gasteiger partial charge < -0.3 is 39.8 Å². The van der Waals surface area contributed by atoms with Gasteiger partial charge in [0.25, 0.3) is 0 Å². The number of fused-ring (bicyclic) bond motifs is 5. The van der Waals surface area contributed by atoms with Gasteiger partial charge in [0.1, 0.15) is 12.7 Å². The second-order valence-corrected chi connectivity index (χ2v) is 13.4. The summed E-state index contributed by atoms with van der Waals surface area (Å²) < 4.78 is 17.2. The summed E-state index contributed by atoms with van der Waals surface area (Å²) >= 11 is 0. The average Bonchev–Trinajstić information content (AvgIpc) is 3.42. The molecule has 4 saturated carbocycles. The van der Waals surface area contributed by atoms with Gasteiger partial charge in [-0.25, -0.2) is 4.79 Å². The molecule has 39 heavy (non-hydrogen) atoms. The third kappa shape index (κ3) is 3.96. The van der Waals surface area contributed by atoms with Crippen LogP contribution in [-0.4, -0.2) is 86.3 Å². The monoisotopic (exact) mass is 549 g/mol. The Morgan fingerprint density at radius 2 is 1.85 bits per heavy atom. The van der Waals surface area contributed by atoms with Gasteiger partial charge in [-0.2, -0.15) is 0 Å². The molecule has 2 aliphatic heterocycles. The van der Waals surface area contributed by atoms with Crippen LogP contribution in [-0.2, 0) is 19.0 Å². The predicted octanol–water partition coefficient (Wildman–Crippen LogP) is 2.04. The summed E-state index contributed by atoms with van der Waals surface area (Å²) in [5, 5.41) is 58.2. The molecule has 218 valence electrons. The van der Waals surface area contributed by atoms with Gasteiger partial charge >= 0.3 is 5.97 Å². The number of rotatable bonds is 4. The fraction of sp³-hybridized carbons (Fsp3) is 0.862. The molecule has 0 aromatic rings. The number of esters is 1. The first-order valence-electron chi connectivity index (χ1n) is 14.6. The van der Waals surface area contributed by atoms with Crippen LogP contribution in [0, 0.1) is 28.6 Å². The van der Waals surface area contributed by atoms with Gasteiger partial charge in [0.15, 0.2) is 6.29 Å². The number of ether oxygens (including phenoxy) is 3. The quantitative estimate of drug-likeness (QED) is 0.116. The smallest absolute Gasteiger partial charge is 0.331 e. The molecule has 0 amide bonds. The zero-order valence-electron chi connectivity index (χ0n) is 22.9. The average molecular weight is 550 g/mol. The third-order valence-corrected chi connectivity index (χ3v) is 11.9. The number of carbonyl (C=O) groups is 1. The number of aliphatic hydroxyl groups excluding tert-OH is 2. The normalized spacial score (nSPS) is 53.6. The van der Waals surface area contributed by atoms with Crippen molar-refractivity contribution in [1.29, 1.82) is 0 Å². The van der Waals surface area contributed by atoms with E-state index in [-0.39, 0.29) is 36.2 Å². The van der Waals surface area contributed by atoms with Gasteiger partial charge in [0.05, 0.1) is 35.7 Å². The van der Waals surface area contributed by atoms with Crippen molar-refractivity contribution in [2.75, 3.05) is 6.61 Å². The molecule has 6 aliphatic rings. The van der Waals surface area contributed by atoms with Crippen molar-refractivity contribution in [2.45, 2.75) is 120 Å². The minimum absolute atomic E-state index is 0.0664. The molecule has 0 unspecified atom stereocenters. The van der Waals surface area contributed by atoms with Crippen molar-refractivity contribution in [3.8, 4) is 0 Å². The lowest BCUT2D eigenvalue weighted by Crippen LogP contribution is -2.69. The van der Waals surface area contributed by atoms with Crippen molar-refractivity contribution >= 4 is 12.2 Å². The molecule has 5 fully saturated rings. The minimum atomic E-state index is -1.18. The van der Waals surface area contributed by atoms with Gasteiger partial charge in [-0.1, -0.05) is 6.92 Å². The maximum absolute atomic E-state index is 12.4. The van der Waals surface area contributed by atoms with E-state index in [4.69, 9.17) is 14.2 Å². The second-order valence-electron chi connectivity index (χ2n) is 13.4. The molecular formula is C29H43NO9. The fourth-order valence-corrected chi connectivity index (χ4v) is 9.89. The summed E-state index contributed by atoms with van der Waals surface area (Å²) in [6, 6.07) is 0. The molecule has 12 atom stereocenters. The summed E-state index contributed by atoms with van der Waals surface area (Å²) in [6.07, 6.45) is 5.36. The van der Waals surface area contributed by atoms with Crippen molar-refractivity contribution in [1.82, 2.24) is 0 Å². The molecule has 2 heterocycles. The van der Waals surface area contributed by atoms with Crippen LogP contribution in [0.3, 0.4) is 0 Å². The highest BCUT2D eigenvalue weighted by molar-refractivity contribution is 5.85.